The van der Waals surface area contributed by atoms with Gasteiger partial charge in [0.1, 0.15) is 5.75 Å². The average Bonchev–Trinajstić information content (AvgIpc) is 2.35. The van der Waals surface area contributed by atoms with Gasteiger partial charge in [0.05, 0.1) is 26.2 Å². The number of alkyl halides is 3. The third-order valence-corrected chi connectivity index (χ3v) is 2.70. The first-order chi connectivity index (χ1) is 9.33. The predicted molar refractivity (Wildman–Crippen MR) is 70.5 cm³/mol. The van der Waals surface area contributed by atoms with Crippen LogP contribution in [0.1, 0.15) is 37.4 Å². The lowest BCUT2D eigenvalue weighted by molar-refractivity contribution is -0.146. The lowest BCUT2D eigenvalue weighted by Gasteiger charge is -2.14. The molecule has 1 rings (SSSR count). The van der Waals surface area contributed by atoms with Gasteiger partial charge in [-0.25, -0.2) is 0 Å². The molecule has 0 fully saturated rings. The largest absolute Gasteiger partial charge is 0.494 e. The second-order valence-corrected chi connectivity index (χ2v) is 4.51. The normalized spacial score (nSPS) is 13.3. The van der Waals surface area contributed by atoms with E-state index in [9.17, 15) is 13.2 Å². The van der Waals surface area contributed by atoms with Crippen LogP contribution >= 0.6 is 0 Å². The number of hydrogen-bond donors (Lipinski definition) is 1. The molecule has 1 unspecified atom stereocenters. The molecule has 1 aromatic carbocycles. The van der Waals surface area contributed by atoms with E-state index in [2.05, 4.69) is 0 Å². The molecule has 3 nitrogen and oxygen atoms in total. The standard InChI is InChI=1S/C14H20F3NO2/c1-3-20-13-5-4-11(10(2)18)8-12(13)9-19-7-6-14(15,16)17/h4-5,8,10H,3,6-7,9,18H2,1-2H3. The van der Waals surface area contributed by atoms with E-state index in [1.807, 2.05) is 26.0 Å². The van der Waals surface area contributed by atoms with Crippen molar-refractivity contribution in [3.05, 3.63) is 29.3 Å². The Kier molecular flexibility index (Phi) is 6.29. The first-order valence-electron chi connectivity index (χ1n) is 6.49. The minimum Gasteiger partial charge on any atom is -0.494 e. The van der Waals surface area contributed by atoms with Crippen LogP contribution in [-0.4, -0.2) is 19.4 Å². The van der Waals surface area contributed by atoms with Gasteiger partial charge in [-0.05, 0) is 31.5 Å². The van der Waals surface area contributed by atoms with E-state index in [1.165, 1.54) is 0 Å². The molecular weight excluding hydrogens is 271 g/mol. The van der Waals surface area contributed by atoms with Gasteiger partial charge < -0.3 is 15.2 Å². The molecular formula is C14H20F3NO2. The number of rotatable bonds is 7. The fourth-order valence-electron chi connectivity index (χ4n) is 1.66. The maximum Gasteiger partial charge on any atom is 0.391 e. The van der Waals surface area contributed by atoms with Gasteiger partial charge in [-0.2, -0.15) is 13.2 Å². The second-order valence-electron chi connectivity index (χ2n) is 4.51. The molecule has 0 radical (unpaired) electrons. The predicted octanol–water partition coefficient (Wildman–Crippen LogP) is 3.57. The van der Waals surface area contributed by atoms with Crippen LogP contribution in [0.5, 0.6) is 5.75 Å². The lowest BCUT2D eigenvalue weighted by atomic mass is 10.1. The molecule has 0 saturated heterocycles. The molecule has 0 aliphatic heterocycles. The van der Waals surface area contributed by atoms with Crippen molar-refractivity contribution < 1.29 is 22.6 Å². The van der Waals surface area contributed by atoms with E-state index in [0.717, 1.165) is 5.56 Å². The van der Waals surface area contributed by atoms with Crippen LogP contribution in [-0.2, 0) is 11.3 Å². The summed E-state index contributed by atoms with van der Waals surface area (Å²) in [7, 11) is 0. The molecule has 0 heterocycles. The highest BCUT2D eigenvalue weighted by Gasteiger charge is 2.26. The van der Waals surface area contributed by atoms with Gasteiger partial charge >= 0.3 is 6.18 Å². The molecule has 0 bridgehead atoms. The minimum absolute atomic E-state index is 0.0754. The number of halogens is 3. The Morgan fingerprint density at radius 3 is 2.55 bits per heavy atom. The van der Waals surface area contributed by atoms with Gasteiger partial charge in [0.15, 0.2) is 0 Å². The summed E-state index contributed by atoms with van der Waals surface area (Å²) in [5.74, 6) is 0.615. The fraction of sp³-hybridized carbons (Fsp3) is 0.571. The maximum atomic E-state index is 12.0. The lowest BCUT2D eigenvalue weighted by Crippen LogP contribution is -2.12. The topological polar surface area (TPSA) is 44.5 Å². The zero-order chi connectivity index (χ0) is 15.2. The first-order valence-corrected chi connectivity index (χ1v) is 6.49. The van der Waals surface area contributed by atoms with E-state index in [1.54, 1.807) is 6.07 Å². The molecule has 0 aliphatic rings. The molecule has 0 spiro atoms. The van der Waals surface area contributed by atoms with E-state index < -0.39 is 12.6 Å². The van der Waals surface area contributed by atoms with Crippen LogP contribution in [0.4, 0.5) is 13.2 Å². The highest BCUT2D eigenvalue weighted by molar-refractivity contribution is 5.38. The summed E-state index contributed by atoms with van der Waals surface area (Å²) >= 11 is 0. The zero-order valence-electron chi connectivity index (χ0n) is 11.7. The van der Waals surface area contributed by atoms with Crippen LogP contribution in [0.2, 0.25) is 0 Å². The monoisotopic (exact) mass is 291 g/mol. The van der Waals surface area contributed by atoms with Crippen molar-refractivity contribution in [1.82, 2.24) is 0 Å². The molecule has 0 aromatic heterocycles. The van der Waals surface area contributed by atoms with Crippen molar-refractivity contribution in [2.75, 3.05) is 13.2 Å². The van der Waals surface area contributed by atoms with Crippen LogP contribution in [0.15, 0.2) is 18.2 Å². The fourth-order valence-corrected chi connectivity index (χ4v) is 1.66. The minimum atomic E-state index is -4.20. The van der Waals surface area contributed by atoms with Gasteiger partial charge in [0, 0.05) is 11.6 Å². The van der Waals surface area contributed by atoms with Crippen LogP contribution < -0.4 is 10.5 Å². The van der Waals surface area contributed by atoms with Gasteiger partial charge in [0.2, 0.25) is 0 Å². The Bertz CT molecular complexity index is 419. The summed E-state index contributed by atoms with van der Waals surface area (Å²) in [5, 5.41) is 0. The van der Waals surface area contributed by atoms with E-state index >= 15 is 0 Å². The molecule has 2 N–H and O–H groups in total. The van der Waals surface area contributed by atoms with E-state index in [4.69, 9.17) is 15.2 Å². The Morgan fingerprint density at radius 1 is 1.30 bits per heavy atom. The summed E-state index contributed by atoms with van der Waals surface area (Å²) in [6.45, 7) is 3.87. The highest BCUT2D eigenvalue weighted by Crippen LogP contribution is 2.24. The van der Waals surface area contributed by atoms with Crippen molar-refractivity contribution in [2.45, 2.75) is 39.1 Å². The van der Waals surface area contributed by atoms with Crippen molar-refractivity contribution in [1.29, 1.82) is 0 Å². The van der Waals surface area contributed by atoms with Crippen LogP contribution in [0.3, 0.4) is 0 Å². The molecule has 20 heavy (non-hydrogen) atoms. The molecule has 1 aromatic rings. The number of hydrogen-bond acceptors (Lipinski definition) is 3. The summed E-state index contributed by atoms with van der Waals surface area (Å²) in [5.41, 5.74) is 7.39. The highest BCUT2D eigenvalue weighted by atomic mass is 19.4. The van der Waals surface area contributed by atoms with Crippen molar-refractivity contribution >= 4 is 0 Å². The Morgan fingerprint density at radius 2 is 2.00 bits per heavy atom. The van der Waals surface area contributed by atoms with Gasteiger partial charge in [0.25, 0.3) is 0 Å². The smallest absolute Gasteiger partial charge is 0.391 e. The third-order valence-electron chi connectivity index (χ3n) is 2.70. The SMILES string of the molecule is CCOc1ccc(C(C)N)cc1COCCC(F)(F)F. The maximum absolute atomic E-state index is 12.0. The van der Waals surface area contributed by atoms with Crippen molar-refractivity contribution in [2.24, 2.45) is 5.73 Å². The first kappa shape index (κ1) is 16.8. The summed E-state index contributed by atoms with van der Waals surface area (Å²) < 4.78 is 46.6. The van der Waals surface area contributed by atoms with Crippen LogP contribution in [0.25, 0.3) is 0 Å². The molecule has 0 aliphatic carbocycles. The van der Waals surface area contributed by atoms with Gasteiger partial charge in [-0.3, -0.25) is 0 Å². The molecule has 0 amide bonds. The van der Waals surface area contributed by atoms with Crippen molar-refractivity contribution in [3.8, 4) is 5.75 Å². The Labute approximate surface area is 116 Å². The zero-order valence-corrected chi connectivity index (χ0v) is 11.7. The van der Waals surface area contributed by atoms with E-state index in [-0.39, 0.29) is 19.3 Å². The van der Waals surface area contributed by atoms with Gasteiger partial charge in [-0.1, -0.05) is 6.07 Å². The molecule has 6 heteroatoms. The summed E-state index contributed by atoms with van der Waals surface area (Å²) in [4.78, 5) is 0. The quantitative estimate of drug-likeness (QED) is 0.781. The average molecular weight is 291 g/mol. The summed E-state index contributed by atoms with van der Waals surface area (Å²) in [6, 6.07) is 5.27. The number of nitrogens with two attached hydrogens (primary N) is 1. The Hall–Kier alpha value is -1.27. The van der Waals surface area contributed by atoms with Crippen LogP contribution in [0, 0.1) is 0 Å². The van der Waals surface area contributed by atoms with Gasteiger partial charge in [-0.15, -0.1) is 0 Å². The third kappa shape index (κ3) is 5.79. The second kappa shape index (κ2) is 7.50. The number of ether oxygens (including phenoxy) is 2. The van der Waals surface area contributed by atoms with E-state index in [0.29, 0.717) is 17.9 Å². The number of benzene rings is 1. The molecule has 1 atom stereocenters. The molecule has 0 saturated carbocycles. The molecule has 114 valence electrons. The summed E-state index contributed by atoms with van der Waals surface area (Å²) in [6.07, 6.45) is -5.15. The Balaban J connectivity index is 2.67. The van der Waals surface area contributed by atoms with Crippen molar-refractivity contribution in [3.63, 3.8) is 0 Å².